The van der Waals surface area contributed by atoms with E-state index < -0.39 is 0 Å². The molecule has 0 unspecified atom stereocenters. The van der Waals surface area contributed by atoms with Crippen molar-refractivity contribution in [3.05, 3.63) is 51.3 Å². The fraction of sp³-hybridized carbons (Fsp3) is 0.438. The van der Waals surface area contributed by atoms with Gasteiger partial charge in [-0.15, -0.1) is 0 Å². The second-order valence-electron chi connectivity index (χ2n) is 5.00. The fourth-order valence-electron chi connectivity index (χ4n) is 2.37. The van der Waals surface area contributed by atoms with Crippen LogP contribution in [0.5, 0.6) is 0 Å². The molecule has 0 fully saturated rings. The number of nitrogens with zero attached hydrogens (tertiary/aromatic N) is 2. The van der Waals surface area contributed by atoms with Gasteiger partial charge in [-0.05, 0) is 31.9 Å². The highest BCUT2D eigenvalue weighted by molar-refractivity contribution is 6.32. The molecule has 0 spiro atoms. The monoisotopic (exact) mass is 325 g/mol. The SMILES string of the molecule is CCc1nn(CC)c(CN[C@@H](C)c2ccccc2Cl)c1Cl. The Morgan fingerprint density at radius 3 is 2.57 bits per heavy atom. The van der Waals surface area contributed by atoms with Crippen molar-refractivity contribution in [1.29, 1.82) is 0 Å². The summed E-state index contributed by atoms with van der Waals surface area (Å²) in [6.07, 6.45) is 0.846. The van der Waals surface area contributed by atoms with Crippen molar-refractivity contribution in [1.82, 2.24) is 15.1 Å². The summed E-state index contributed by atoms with van der Waals surface area (Å²) in [6.45, 7) is 7.73. The van der Waals surface area contributed by atoms with Gasteiger partial charge in [0.1, 0.15) is 0 Å². The first-order chi connectivity index (χ1) is 10.1. The first-order valence-electron chi connectivity index (χ1n) is 7.30. The highest BCUT2D eigenvalue weighted by Gasteiger charge is 2.16. The molecule has 2 aromatic rings. The third-order valence-corrected chi connectivity index (χ3v) is 4.42. The minimum absolute atomic E-state index is 0.153. The van der Waals surface area contributed by atoms with Crippen LogP contribution in [-0.2, 0) is 19.5 Å². The van der Waals surface area contributed by atoms with Crippen molar-refractivity contribution in [3.8, 4) is 0 Å². The summed E-state index contributed by atoms with van der Waals surface area (Å²) in [4.78, 5) is 0. The topological polar surface area (TPSA) is 29.9 Å². The van der Waals surface area contributed by atoms with Crippen LogP contribution in [0.15, 0.2) is 24.3 Å². The van der Waals surface area contributed by atoms with E-state index in [9.17, 15) is 0 Å². The molecule has 1 N–H and O–H groups in total. The Morgan fingerprint density at radius 2 is 1.95 bits per heavy atom. The second-order valence-corrected chi connectivity index (χ2v) is 5.79. The van der Waals surface area contributed by atoms with E-state index in [0.29, 0.717) is 6.54 Å². The van der Waals surface area contributed by atoms with E-state index in [1.54, 1.807) is 0 Å². The number of nitrogens with one attached hydrogen (secondary N) is 1. The highest BCUT2D eigenvalue weighted by atomic mass is 35.5. The van der Waals surface area contributed by atoms with E-state index >= 15 is 0 Å². The van der Waals surface area contributed by atoms with Crippen LogP contribution in [0.4, 0.5) is 0 Å². The molecular weight excluding hydrogens is 305 g/mol. The smallest absolute Gasteiger partial charge is 0.0863 e. The van der Waals surface area contributed by atoms with Gasteiger partial charge in [0, 0.05) is 24.2 Å². The Hall–Kier alpha value is -1.03. The standard InChI is InChI=1S/C16H21Cl2N3/c1-4-14-16(18)15(21(5-2)20-14)10-19-11(3)12-8-6-7-9-13(12)17/h6-9,11,19H,4-5,10H2,1-3H3/t11-/m0/s1. The molecule has 1 aromatic heterocycles. The molecule has 0 radical (unpaired) electrons. The molecule has 0 saturated heterocycles. The highest BCUT2D eigenvalue weighted by Crippen LogP contribution is 2.25. The summed E-state index contributed by atoms with van der Waals surface area (Å²) >= 11 is 12.7. The molecule has 2 rings (SSSR count). The number of aryl methyl sites for hydroxylation is 2. The summed E-state index contributed by atoms with van der Waals surface area (Å²) in [5.74, 6) is 0. The Kier molecular flexibility index (Phi) is 5.68. The predicted molar refractivity (Wildman–Crippen MR) is 89.0 cm³/mol. The van der Waals surface area contributed by atoms with Crippen molar-refractivity contribution >= 4 is 23.2 Å². The molecule has 114 valence electrons. The van der Waals surface area contributed by atoms with Crippen LogP contribution in [0.1, 0.15) is 43.8 Å². The summed E-state index contributed by atoms with van der Waals surface area (Å²) in [7, 11) is 0. The number of rotatable bonds is 6. The van der Waals surface area contributed by atoms with Gasteiger partial charge in [0.2, 0.25) is 0 Å². The van der Waals surface area contributed by atoms with Crippen LogP contribution in [0.3, 0.4) is 0 Å². The van der Waals surface area contributed by atoms with Gasteiger partial charge in [-0.1, -0.05) is 48.3 Å². The molecule has 0 amide bonds. The third-order valence-electron chi connectivity index (χ3n) is 3.64. The maximum Gasteiger partial charge on any atom is 0.0863 e. The van der Waals surface area contributed by atoms with Gasteiger partial charge < -0.3 is 5.32 Å². The van der Waals surface area contributed by atoms with E-state index in [-0.39, 0.29) is 6.04 Å². The van der Waals surface area contributed by atoms with Crippen molar-refractivity contribution in [3.63, 3.8) is 0 Å². The zero-order chi connectivity index (χ0) is 15.4. The molecule has 0 aliphatic carbocycles. The van der Waals surface area contributed by atoms with Crippen molar-refractivity contribution in [2.75, 3.05) is 0 Å². The molecule has 0 aliphatic rings. The number of benzene rings is 1. The quantitative estimate of drug-likeness (QED) is 0.839. The van der Waals surface area contributed by atoms with Gasteiger partial charge in [-0.25, -0.2) is 0 Å². The van der Waals surface area contributed by atoms with Gasteiger partial charge in [-0.3, -0.25) is 4.68 Å². The number of aromatic nitrogens is 2. The largest absolute Gasteiger partial charge is 0.304 e. The molecule has 3 nitrogen and oxygen atoms in total. The Balaban J connectivity index is 2.13. The third kappa shape index (κ3) is 3.60. The number of hydrogen-bond donors (Lipinski definition) is 1. The summed E-state index contributed by atoms with van der Waals surface area (Å²) in [6, 6.07) is 8.04. The van der Waals surface area contributed by atoms with Gasteiger partial charge in [0.05, 0.1) is 16.4 Å². The maximum atomic E-state index is 6.42. The molecule has 0 aliphatic heterocycles. The Morgan fingerprint density at radius 1 is 1.24 bits per heavy atom. The fourth-order valence-corrected chi connectivity index (χ4v) is 3.01. The molecule has 0 bridgehead atoms. The van der Waals surface area contributed by atoms with Crippen molar-refractivity contribution in [2.24, 2.45) is 0 Å². The number of halogens is 2. The molecule has 21 heavy (non-hydrogen) atoms. The predicted octanol–water partition coefficient (Wildman–Crippen LogP) is 4.62. The Labute approximate surface area is 136 Å². The lowest BCUT2D eigenvalue weighted by atomic mass is 10.1. The second kappa shape index (κ2) is 7.30. The van der Waals surface area contributed by atoms with Crippen LogP contribution in [0, 0.1) is 0 Å². The van der Waals surface area contributed by atoms with Gasteiger partial charge in [0.25, 0.3) is 0 Å². The molecule has 1 atom stereocenters. The molecule has 1 heterocycles. The molecule has 0 saturated carbocycles. The molecule has 5 heteroatoms. The zero-order valence-corrected chi connectivity index (χ0v) is 14.2. The maximum absolute atomic E-state index is 6.42. The first kappa shape index (κ1) is 16.3. The first-order valence-corrected chi connectivity index (χ1v) is 8.05. The lowest BCUT2D eigenvalue weighted by Gasteiger charge is -2.16. The summed E-state index contributed by atoms with van der Waals surface area (Å²) in [5, 5.41) is 9.57. The van der Waals surface area contributed by atoms with E-state index in [0.717, 1.165) is 40.0 Å². The van der Waals surface area contributed by atoms with E-state index in [1.807, 2.05) is 28.9 Å². The summed E-state index contributed by atoms with van der Waals surface area (Å²) in [5.41, 5.74) is 3.09. The van der Waals surface area contributed by atoms with Gasteiger partial charge in [-0.2, -0.15) is 5.10 Å². The average molecular weight is 326 g/mol. The van der Waals surface area contributed by atoms with Crippen LogP contribution in [-0.4, -0.2) is 9.78 Å². The number of hydrogen-bond acceptors (Lipinski definition) is 2. The zero-order valence-electron chi connectivity index (χ0n) is 12.7. The molecule has 1 aromatic carbocycles. The van der Waals surface area contributed by atoms with Gasteiger partial charge >= 0.3 is 0 Å². The summed E-state index contributed by atoms with van der Waals surface area (Å²) < 4.78 is 1.97. The molecular formula is C16H21Cl2N3. The normalized spacial score (nSPS) is 12.6. The van der Waals surface area contributed by atoms with Crippen LogP contribution in [0.25, 0.3) is 0 Å². The average Bonchev–Trinajstić information content (AvgIpc) is 2.80. The van der Waals surface area contributed by atoms with E-state index in [2.05, 4.69) is 31.2 Å². The van der Waals surface area contributed by atoms with Crippen LogP contribution >= 0.6 is 23.2 Å². The van der Waals surface area contributed by atoms with Crippen LogP contribution in [0.2, 0.25) is 10.0 Å². The van der Waals surface area contributed by atoms with E-state index in [1.165, 1.54) is 0 Å². The minimum Gasteiger partial charge on any atom is -0.304 e. The van der Waals surface area contributed by atoms with Crippen molar-refractivity contribution < 1.29 is 0 Å². The van der Waals surface area contributed by atoms with Gasteiger partial charge in [0.15, 0.2) is 0 Å². The van der Waals surface area contributed by atoms with Crippen molar-refractivity contribution in [2.45, 2.75) is 46.3 Å². The Bertz CT molecular complexity index is 608. The van der Waals surface area contributed by atoms with E-state index in [4.69, 9.17) is 23.2 Å². The van der Waals surface area contributed by atoms with Crippen LogP contribution < -0.4 is 5.32 Å². The minimum atomic E-state index is 0.153. The lowest BCUT2D eigenvalue weighted by Crippen LogP contribution is -2.20. The lowest BCUT2D eigenvalue weighted by molar-refractivity contribution is 0.530.